The zero-order valence-corrected chi connectivity index (χ0v) is 15.3. The third-order valence-electron chi connectivity index (χ3n) is 5.07. The monoisotopic (exact) mass is 360 g/mol. The van der Waals surface area contributed by atoms with Crippen LogP contribution in [-0.4, -0.2) is 51.3 Å². The van der Waals surface area contributed by atoms with E-state index in [0.717, 1.165) is 43.0 Å². The number of hydrogen-bond donors (Lipinski definition) is 1. The van der Waals surface area contributed by atoms with Gasteiger partial charge in [-0.15, -0.1) is 0 Å². The van der Waals surface area contributed by atoms with Crippen LogP contribution in [-0.2, 0) is 11.3 Å². The van der Waals surface area contributed by atoms with Crippen molar-refractivity contribution in [2.24, 2.45) is 0 Å². The number of carbonyl (C=O) groups excluding carboxylic acids is 1. The summed E-state index contributed by atoms with van der Waals surface area (Å²) in [5, 5.41) is 7.77. The average Bonchev–Trinajstić information content (AvgIpc) is 3.08. The van der Waals surface area contributed by atoms with Crippen molar-refractivity contribution in [1.82, 2.24) is 24.5 Å². The minimum Gasteiger partial charge on any atom is -0.366 e. The molecule has 2 radical (unpaired) electrons. The number of fused-ring (bicyclic) bond motifs is 1. The molecule has 1 amide bonds. The maximum absolute atomic E-state index is 11.6. The third kappa shape index (κ3) is 3.65. The van der Waals surface area contributed by atoms with Gasteiger partial charge in [-0.3, -0.25) is 9.78 Å². The average molecular weight is 360 g/mol. The number of anilines is 1. The summed E-state index contributed by atoms with van der Waals surface area (Å²) in [5.41, 5.74) is 3.29. The van der Waals surface area contributed by atoms with Gasteiger partial charge in [0, 0.05) is 62.8 Å². The molecule has 0 aliphatic carbocycles. The normalized spacial score (nSPS) is 15.2. The number of pyridine rings is 1. The second-order valence-electron chi connectivity index (χ2n) is 6.90. The van der Waals surface area contributed by atoms with Crippen LogP contribution < -0.4 is 10.8 Å². The van der Waals surface area contributed by atoms with Gasteiger partial charge in [0.1, 0.15) is 19.3 Å². The van der Waals surface area contributed by atoms with Crippen molar-refractivity contribution in [3.63, 3.8) is 0 Å². The Morgan fingerprint density at radius 2 is 2.15 bits per heavy atom. The molecule has 0 atom stereocenters. The van der Waals surface area contributed by atoms with Crippen LogP contribution in [0.25, 0.3) is 5.65 Å². The lowest BCUT2D eigenvalue weighted by Crippen LogP contribution is -2.36. The minimum absolute atomic E-state index is 0.135. The molecule has 0 bridgehead atoms. The Hall–Kier alpha value is -2.90. The summed E-state index contributed by atoms with van der Waals surface area (Å²) < 4.78 is 1.74. The first kappa shape index (κ1) is 17.5. The zero-order chi connectivity index (χ0) is 18.8. The number of nitrogens with zero attached hydrogens (tertiary/aromatic N) is 5. The summed E-state index contributed by atoms with van der Waals surface area (Å²) >= 11 is 0. The first-order valence-electron chi connectivity index (χ1n) is 9.14. The molecule has 7 nitrogen and oxygen atoms in total. The molecule has 4 heterocycles. The predicted octanol–water partition coefficient (Wildman–Crippen LogP) is 1.26. The number of rotatable bonds is 4. The summed E-state index contributed by atoms with van der Waals surface area (Å²) in [6.45, 7) is 3.78. The van der Waals surface area contributed by atoms with E-state index in [-0.39, 0.29) is 5.91 Å². The first-order chi connectivity index (χ1) is 13.1. The van der Waals surface area contributed by atoms with E-state index in [1.807, 2.05) is 29.3 Å². The molecule has 1 N–H and O–H groups in total. The molecule has 136 valence electrons. The molecule has 0 spiro atoms. The smallest absolute Gasteiger partial charge is 0.219 e. The Balaban J connectivity index is 1.60. The number of hydrogen-bond acceptors (Lipinski definition) is 5. The van der Waals surface area contributed by atoms with E-state index in [4.69, 9.17) is 12.8 Å². The van der Waals surface area contributed by atoms with Gasteiger partial charge in [0.15, 0.2) is 0 Å². The van der Waals surface area contributed by atoms with Gasteiger partial charge in [0.05, 0.1) is 0 Å². The highest BCUT2D eigenvalue weighted by atomic mass is 16.2. The second kappa shape index (κ2) is 7.38. The molecule has 0 saturated carbocycles. The molecule has 4 rings (SSSR count). The van der Waals surface area contributed by atoms with Crippen LogP contribution >= 0.6 is 0 Å². The van der Waals surface area contributed by atoms with Crippen LogP contribution in [0, 0.1) is 0 Å². The van der Waals surface area contributed by atoms with Crippen molar-refractivity contribution in [2.45, 2.75) is 32.2 Å². The predicted molar refractivity (Wildman–Crippen MR) is 104 cm³/mol. The van der Waals surface area contributed by atoms with Crippen molar-refractivity contribution >= 4 is 30.7 Å². The van der Waals surface area contributed by atoms with Gasteiger partial charge in [-0.1, -0.05) is 6.07 Å². The van der Waals surface area contributed by atoms with Gasteiger partial charge in [-0.2, -0.15) is 9.61 Å². The molecule has 1 aliphatic heterocycles. The molecule has 3 aromatic rings. The van der Waals surface area contributed by atoms with Crippen molar-refractivity contribution in [2.75, 3.05) is 18.4 Å². The Labute approximate surface area is 159 Å². The van der Waals surface area contributed by atoms with E-state index in [1.54, 1.807) is 23.8 Å². The summed E-state index contributed by atoms with van der Waals surface area (Å²) in [4.78, 5) is 22.4. The SMILES string of the molecule is [B]c1cnn2c(NCc3cccnc3)cc(C3CCN(C(C)=O)CC3)nc12. The first-order valence-corrected chi connectivity index (χ1v) is 9.14. The summed E-state index contributed by atoms with van der Waals surface area (Å²) in [6, 6.07) is 5.98. The standard InChI is InChI=1S/C19H21BN6O/c1-13(27)25-7-4-15(5-8-25)17-9-18(22-11-14-3-2-6-21-10-14)26-19(24-17)16(20)12-23-26/h2-3,6,9-10,12,15,22H,4-5,7-8,11H2,1H3. The number of piperidine rings is 1. The van der Waals surface area contributed by atoms with Crippen LogP contribution in [0.1, 0.15) is 36.9 Å². The molecule has 0 aromatic carbocycles. The second-order valence-corrected chi connectivity index (χ2v) is 6.90. The third-order valence-corrected chi connectivity index (χ3v) is 5.07. The van der Waals surface area contributed by atoms with Gasteiger partial charge in [-0.05, 0) is 29.9 Å². The van der Waals surface area contributed by atoms with E-state index >= 15 is 0 Å². The van der Waals surface area contributed by atoms with Gasteiger partial charge in [-0.25, -0.2) is 4.98 Å². The lowest BCUT2D eigenvalue weighted by molar-refractivity contribution is -0.129. The Morgan fingerprint density at radius 1 is 1.33 bits per heavy atom. The van der Waals surface area contributed by atoms with Gasteiger partial charge in [0.25, 0.3) is 0 Å². The molecule has 27 heavy (non-hydrogen) atoms. The molecular weight excluding hydrogens is 339 g/mol. The Kier molecular flexibility index (Phi) is 4.79. The summed E-state index contributed by atoms with van der Waals surface area (Å²) in [7, 11) is 6.08. The molecule has 1 fully saturated rings. The molecule has 8 heteroatoms. The van der Waals surface area contributed by atoms with Crippen LogP contribution in [0.4, 0.5) is 5.82 Å². The summed E-state index contributed by atoms with van der Waals surface area (Å²) in [5.74, 6) is 1.29. The summed E-state index contributed by atoms with van der Waals surface area (Å²) in [6.07, 6.45) is 7.02. The fourth-order valence-corrected chi connectivity index (χ4v) is 3.52. The van der Waals surface area contributed by atoms with Gasteiger partial charge < -0.3 is 10.2 Å². The van der Waals surface area contributed by atoms with E-state index in [0.29, 0.717) is 23.6 Å². The number of likely N-dealkylation sites (tertiary alicyclic amines) is 1. The molecule has 1 aliphatic rings. The van der Waals surface area contributed by atoms with Crippen LogP contribution in [0.3, 0.4) is 0 Å². The topological polar surface area (TPSA) is 75.4 Å². The van der Waals surface area contributed by atoms with Gasteiger partial charge >= 0.3 is 0 Å². The number of nitrogens with one attached hydrogen (secondary N) is 1. The lowest BCUT2D eigenvalue weighted by Gasteiger charge is -2.31. The van der Waals surface area contributed by atoms with Crippen molar-refractivity contribution in [1.29, 1.82) is 0 Å². The number of aromatic nitrogens is 4. The van der Waals surface area contributed by atoms with Crippen molar-refractivity contribution < 1.29 is 4.79 Å². The Morgan fingerprint density at radius 3 is 2.85 bits per heavy atom. The van der Waals surface area contributed by atoms with Crippen LogP contribution in [0.2, 0.25) is 0 Å². The van der Waals surface area contributed by atoms with Crippen molar-refractivity contribution in [3.05, 3.63) is 48.0 Å². The van der Waals surface area contributed by atoms with Gasteiger partial charge in [0.2, 0.25) is 5.91 Å². The minimum atomic E-state index is 0.135. The quantitative estimate of drug-likeness (QED) is 0.709. The van der Waals surface area contributed by atoms with E-state index in [1.165, 1.54) is 0 Å². The van der Waals surface area contributed by atoms with Crippen molar-refractivity contribution in [3.8, 4) is 0 Å². The fraction of sp³-hybridized carbons (Fsp3) is 0.368. The number of carbonyl (C=O) groups is 1. The highest BCUT2D eigenvalue weighted by molar-refractivity contribution is 6.36. The lowest BCUT2D eigenvalue weighted by atomic mass is 9.92. The molecule has 0 unspecified atom stereocenters. The van der Waals surface area contributed by atoms with Crippen LogP contribution in [0.5, 0.6) is 0 Å². The maximum atomic E-state index is 11.6. The molecule has 1 saturated heterocycles. The molecular formula is C19H21BN6O. The van der Waals surface area contributed by atoms with E-state index < -0.39 is 0 Å². The van der Waals surface area contributed by atoms with Crippen LogP contribution in [0.15, 0.2) is 36.8 Å². The molecule has 3 aromatic heterocycles. The number of amides is 1. The maximum Gasteiger partial charge on any atom is 0.219 e. The zero-order valence-electron chi connectivity index (χ0n) is 15.3. The Bertz CT molecular complexity index is 949. The fourth-order valence-electron chi connectivity index (χ4n) is 3.52. The largest absolute Gasteiger partial charge is 0.366 e. The van der Waals surface area contributed by atoms with E-state index in [9.17, 15) is 4.79 Å². The van der Waals surface area contributed by atoms with E-state index in [2.05, 4.69) is 15.4 Å². The highest BCUT2D eigenvalue weighted by Gasteiger charge is 2.24. The highest BCUT2D eigenvalue weighted by Crippen LogP contribution is 2.28.